The average molecular weight is 274 g/mol. The van der Waals surface area contributed by atoms with Gasteiger partial charge in [0.25, 0.3) is 5.91 Å². The van der Waals surface area contributed by atoms with Crippen molar-refractivity contribution < 1.29 is 18.0 Å². The first kappa shape index (κ1) is 15.3. The molecule has 0 aliphatic heterocycles. The van der Waals surface area contributed by atoms with Crippen molar-refractivity contribution in [1.29, 1.82) is 0 Å². The predicted molar refractivity (Wildman–Crippen MR) is 68.4 cm³/mol. The maximum absolute atomic E-state index is 12.1. The molecule has 1 amide bonds. The second-order valence-electron chi connectivity index (χ2n) is 4.39. The summed E-state index contributed by atoms with van der Waals surface area (Å²) >= 11 is 0. The molecule has 0 fully saturated rings. The number of nitrogens with zero attached hydrogens (tertiary/aromatic N) is 1. The van der Waals surface area contributed by atoms with Gasteiger partial charge in [0.2, 0.25) is 0 Å². The van der Waals surface area contributed by atoms with Crippen molar-refractivity contribution in [3.8, 4) is 0 Å². The topological polar surface area (TPSA) is 32.3 Å². The fraction of sp³-hybridized carbons (Fsp3) is 0.462. The third-order valence-electron chi connectivity index (χ3n) is 2.75. The summed E-state index contributed by atoms with van der Waals surface area (Å²) in [4.78, 5) is 13.2. The summed E-state index contributed by atoms with van der Waals surface area (Å²) < 4.78 is 36.4. The van der Waals surface area contributed by atoms with Gasteiger partial charge in [-0.05, 0) is 19.1 Å². The molecule has 0 bridgehead atoms. The zero-order valence-electron chi connectivity index (χ0n) is 11.1. The van der Waals surface area contributed by atoms with E-state index in [-0.39, 0.29) is 6.54 Å². The van der Waals surface area contributed by atoms with Gasteiger partial charge in [-0.15, -0.1) is 0 Å². The maximum Gasteiger partial charge on any atom is 0.390 e. The largest absolute Gasteiger partial charge is 0.390 e. The van der Waals surface area contributed by atoms with Crippen molar-refractivity contribution >= 4 is 11.6 Å². The van der Waals surface area contributed by atoms with Crippen LogP contribution in [0.25, 0.3) is 0 Å². The molecule has 0 unspecified atom stereocenters. The van der Waals surface area contributed by atoms with Crippen LogP contribution in [0, 0.1) is 6.92 Å². The van der Waals surface area contributed by atoms with Gasteiger partial charge in [0.15, 0.2) is 0 Å². The smallest absolute Gasteiger partial charge is 0.387 e. The molecule has 3 nitrogen and oxygen atoms in total. The number of anilines is 1. The van der Waals surface area contributed by atoms with Gasteiger partial charge < -0.3 is 10.2 Å². The van der Waals surface area contributed by atoms with Gasteiger partial charge in [-0.1, -0.05) is 11.6 Å². The average Bonchev–Trinajstić information content (AvgIpc) is 2.34. The summed E-state index contributed by atoms with van der Waals surface area (Å²) in [6, 6.07) is 5.23. The Kier molecular flexibility index (Phi) is 4.80. The van der Waals surface area contributed by atoms with Crippen LogP contribution < -0.4 is 5.32 Å². The lowest BCUT2D eigenvalue weighted by atomic mass is 10.1. The highest BCUT2D eigenvalue weighted by Gasteiger charge is 2.28. The van der Waals surface area contributed by atoms with Crippen LogP contribution in [0.15, 0.2) is 18.2 Å². The molecule has 0 atom stereocenters. The van der Waals surface area contributed by atoms with Crippen LogP contribution in [0.3, 0.4) is 0 Å². The fourth-order valence-corrected chi connectivity index (χ4v) is 1.65. The Morgan fingerprint density at radius 1 is 1.37 bits per heavy atom. The van der Waals surface area contributed by atoms with Crippen LogP contribution in [0.1, 0.15) is 22.3 Å². The van der Waals surface area contributed by atoms with Gasteiger partial charge in [0.05, 0.1) is 12.0 Å². The SMILES string of the molecule is CNc1ccc(C)cc1C(=O)N(C)CCC(F)(F)F. The molecule has 1 N–H and O–H groups in total. The van der Waals surface area contributed by atoms with E-state index < -0.39 is 18.5 Å². The molecular formula is C13H17F3N2O. The van der Waals surface area contributed by atoms with Gasteiger partial charge in [0, 0.05) is 26.3 Å². The maximum atomic E-state index is 12.1. The number of hydrogen-bond donors (Lipinski definition) is 1. The monoisotopic (exact) mass is 274 g/mol. The van der Waals surface area contributed by atoms with Gasteiger partial charge in [-0.3, -0.25) is 4.79 Å². The lowest BCUT2D eigenvalue weighted by Gasteiger charge is -2.20. The Labute approximate surface area is 110 Å². The number of hydrogen-bond acceptors (Lipinski definition) is 2. The molecule has 0 saturated carbocycles. The second-order valence-corrected chi connectivity index (χ2v) is 4.39. The number of amides is 1. The van der Waals surface area contributed by atoms with Crippen LogP contribution in [0.5, 0.6) is 0 Å². The van der Waals surface area contributed by atoms with E-state index in [0.717, 1.165) is 10.5 Å². The van der Waals surface area contributed by atoms with Crippen molar-refractivity contribution in [2.24, 2.45) is 0 Å². The number of rotatable bonds is 4. The van der Waals surface area contributed by atoms with Crippen molar-refractivity contribution in [3.63, 3.8) is 0 Å². The quantitative estimate of drug-likeness (QED) is 0.915. The van der Waals surface area contributed by atoms with Gasteiger partial charge in [-0.2, -0.15) is 13.2 Å². The molecule has 0 aliphatic carbocycles. The van der Waals surface area contributed by atoms with E-state index in [1.807, 2.05) is 13.0 Å². The van der Waals surface area contributed by atoms with E-state index in [9.17, 15) is 18.0 Å². The number of nitrogens with one attached hydrogen (secondary N) is 1. The van der Waals surface area contributed by atoms with Crippen molar-refractivity contribution in [3.05, 3.63) is 29.3 Å². The molecule has 1 aromatic carbocycles. The Morgan fingerprint density at radius 2 is 2.00 bits per heavy atom. The number of carbonyl (C=O) groups excluding carboxylic acids is 1. The van der Waals surface area contributed by atoms with E-state index in [1.165, 1.54) is 7.05 Å². The minimum Gasteiger partial charge on any atom is -0.387 e. The third-order valence-corrected chi connectivity index (χ3v) is 2.75. The summed E-state index contributed by atoms with van der Waals surface area (Å²) in [7, 11) is 3.03. The predicted octanol–water partition coefficient (Wildman–Crippen LogP) is 3.06. The molecule has 0 heterocycles. The van der Waals surface area contributed by atoms with E-state index >= 15 is 0 Å². The first-order chi connectivity index (χ1) is 8.74. The highest BCUT2D eigenvalue weighted by atomic mass is 19.4. The molecule has 0 radical (unpaired) electrons. The molecule has 19 heavy (non-hydrogen) atoms. The van der Waals surface area contributed by atoms with Gasteiger partial charge >= 0.3 is 6.18 Å². The lowest BCUT2D eigenvalue weighted by Crippen LogP contribution is -2.31. The van der Waals surface area contributed by atoms with E-state index in [1.54, 1.807) is 19.2 Å². The van der Waals surface area contributed by atoms with Gasteiger partial charge in [0.1, 0.15) is 0 Å². The van der Waals surface area contributed by atoms with Crippen LogP contribution in [0.4, 0.5) is 18.9 Å². The standard InChI is InChI=1S/C13H17F3N2O/c1-9-4-5-11(17-2)10(8-9)12(19)18(3)7-6-13(14,15)16/h4-5,8,17H,6-7H2,1-3H3. The summed E-state index contributed by atoms with van der Waals surface area (Å²) in [6.07, 6.45) is -5.26. The van der Waals surface area contributed by atoms with E-state index in [2.05, 4.69) is 5.32 Å². The van der Waals surface area contributed by atoms with Crippen LogP contribution in [0.2, 0.25) is 0 Å². The Hall–Kier alpha value is -1.72. The molecule has 1 rings (SSSR count). The molecular weight excluding hydrogens is 257 g/mol. The number of carbonyl (C=O) groups is 1. The molecule has 1 aromatic rings. The molecule has 106 valence electrons. The van der Waals surface area contributed by atoms with Crippen molar-refractivity contribution in [2.45, 2.75) is 19.5 Å². The number of halogens is 3. The third kappa shape index (κ3) is 4.46. The van der Waals surface area contributed by atoms with Crippen molar-refractivity contribution in [2.75, 3.05) is 26.0 Å². The van der Waals surface area contributed by atoms with Crippen LogP contribution >= 0.6 is 0 Å². The summed E-state index contributed by atoms with van der Waals surface area (Å²) in [5.41, 5.74) is 1.87. The normalized spacial score (nSPS) is 11.3. The molecule has 0 spiro atoms. The molecule has 0 aliphatic rings. The van der Waals surface area contributed by atoms with Gasteiger partial charge in [-0.25, -0.2) is 0 Å². The first-order valence-electron chi connectivity index (χ1n) is 5.85. The minimum atomic E-state index is -4.26. The van der Waals surface area contributed by atoms with Crippen molar-refractivity contribution in [1.82, 2.24) is 4.90 Å². The number of benzene rings is 1. The molecule has 0 saturated heterocycles. The van der Waals surface area contributed by atoms with E-state index in [4.69, 9.17) is 0 Å². The van der Waals surface area contributed by atoms with E-state index in [0.29, 0.717) is 11.3 Å². The second kappa shape index (κ2) is 5.95. The minimum absolute atomic E-state index is 0.348. The lowest BCUT2D eigenvalue weighted by molar-refractivity contribution is -0.136. The highest BCUT2D eigenvalue weighted by Crippen LogP contribution is 2.22. The number of alkyl halides is 3. The Bertz CT molecular complexity index is 458. The summed E-state index contributed by atoms with van der Waals surface area (Å²) in [6.45, 7) is 1.48. The Balaban J connectivity index is 2.84. The molecule has 0 aromatic heterocycles. The number of aryl methyl sites for hydroxylation is 1. The zero-order chi connectivity index (χ0) is 14.6. The fourth-order valence-electron chi connectivity index (χ4n) is 1.65. The molecule has 6 heteroatoms. The summed E-state index contributed by atoms with van der Waals surface area (Å²) in [5.74, 6) is -0.419. The zero-order valence-corrected chi connectivity index (χ0v) is 11.1. The summed E-state index contributed by atoms with van der Waals surface area (Å²) in [5, 5.41) is 2.86. The van der Waals surface area contributed by atoms with Crippen LogP contribution in [-0.2, 0) is 0 Å². The highest BCUT2D eigenvalue weighted by molar-refractivity contribution is 5.99. The first-order valence-corrected chi connectivity index (χ1v) is 5.85. The van der Waals surface area contributed by atoms with Crippen LogP contribution in [-0.4, -0.2) is 37.6 Å². The Morgan fingerprint density at radius 3 is 2.53 bits per heavy atom.